The number of anilines is 1. The van der Waals surface area contributed by atoms with Crippen LogP contribution < -0.4 is 11.0 Å². The van der Waals surface area contributed by atoms with Gasteiger partial charge in [-0.3, -0.25) is 13.9 Å². The molecule has 18 heavy (non-hydrogen) atoms. The molecule has 1 aromatic carbocycles. The smallest absolute Gasteiger partial charge is 0.325 e. The monoisotopic (exact) mass is 311 g/mol. The lowest BCUT2D eigenvalue weighted by atomic mass is 10.2. The van der Waals surface area contributed by atoms with E-state index < -0.39 is 0 Å². The Morgan fingerprint density at radius 2 is 1.83 bits per heavy atom. The van der Waals surface area contributed by atoms with Crippen molar-refractivity contribution in [2.75, 3.05) is 5.32 Å². The number of aromatic nitrogens is 2. The van der Waals surface area contributed by atoms with Gasteiger partial charge < -0.3 is 5.32 Å². The Bertz CT molecular complexity index is 685. The molecule has 1 amide bonds. The summed E-state index contributed by atoms with van der Waals surface area (Å²) in [5.74, 6) is -0.0593. The van der Waals surface area contributed by atoms with Crippen molar-refractivity contribution in [1.29, 1.82) is 0 Å². The van der Waals surface area contributed by atoms with Crippen LogP contribution in [0, 0.1) is 0 Å². The number of nitrogens with zero attached hydrogens (tertiary/aromatic N) is 2. The van der Waals surface area contributed by atoms with Gasteiger partial charge in [-0.1, -0.05) is 6.92 Å². The van der Waals surface area contributed by atoms with E-state index in [9.17, 15) is 9.59 Å². The molecule has 0 bridgehead atoms. The highest BCUT2D eigenvalue weighted by Gasteiger charge is 2.12. The molecule has 0 spiro atoms. The number of halogens is 1. The third-order valence-electron chi connectivity index (χ3n) is 2.96. The fraction of sp³-hybridized carbons (Fsp3) is 0.333. The molecule has 0 aliphatic heterocycles. The summed E-state index contributed by atoms with van der Waals surface area (Å²) in [7, 11) is 3.44. The van der Waals surface area contributed by atoms with E-state index in [4.69, 9.17) is 0 Å². The van der Waals surface area contributed by atoms with Crippen LogP contribution in [0.2, 0.25) is 0 Å². The summed E-state index contributed by atoms with van der Waals surface area (Å²) >= 11 is 3.40. The van der Waals surface area contributed by atoms with Crippen molar-refractivity contribution < 1.29 is 4.79 Å². The molecular weight excluding hydrogens is 298 g/mol. The van der Waals surface area contributed by atoms with Crippen molar-refractivity contribution in [2.45, 2.75) is 13.3 Å². The van der Waals surface area contributed by atoms with Crippen LogP contribution in [0.4, 0.5) is 5.69 Å². The standard InChI is InChI=1S/C12H14BrN3O2/c1-4-11(17)14-8-6-10-9(5-7(8)13)15(2)12(18)16(10)3/h5-6H,4H2,1-3H3,(H,14,17). The van der Waals surface area contributed by atoms with Gasteiger partial charge in [-0.15, -0.1) is 0 Å². The molecule has 0 aliphatic carbocycles. The number of hydrogen-bond acceptors (Lipinski definition) is 2. The number of benzene rings is 1. The minimum absolute atomic E-state index is 0.0593. The van der Waals surface area contributed by atoms with E-state index in [1.54, 1.807) is 36.2 Å². The summed E-state index contributed by atoms with van der Waals surface area (Å²) < 4.78 is 3.90. The van der Waals surface area contributed by atoms with E-state index in [2.05, 4.69) is 21.2 Å². The summed E-state index contributed by atoms with van der Waals surface area (Å²) in [6.45, 7) is 1.79. The number of fused-ring (bicyclic) bond motifs is 1. The summed E-state index contributed by atoms with van der Waals surface area (Å²) in [6.07, 6.45) is 0.415. The predicted molar refractivity (Wildman–Crippen MR) is 74.8 cm³/mol. The van der Waals surface area contributed by atoms with Crippen LogP contribution in [-0.4, -0.2) is 15.0 Å². The average Bonchev–Trinajstić information content (AvgIpc) is 2.55. The van der Waals surface area contributed by atoms with Crippen molar-refractivity contribution in [3.8, 4) is 0 Å². The maximum atomic E-state index is 11.8. The van der Waals surface area contributed by atoms with Crippen molar-refractivity contribution in [2.24, 2.45) is 14.1 Å². The lowest BCUT2D eigenvalue weighted by molar-refractivity contribution is -0.115. The third-order valence-corrected chi connectivity index (χ3v) is 3.61. The fourth-order valence-corrected chi connectivity index (χ4v) is 2.28. The first-order valence-electron chi connectivity index (χ1n) is 5.60. The zero-order valence-electron chi connectivity index (χ0n) is 10.5. The molecule has 1 aromatic heterocycles. The summed E-state index contributed by atoms with van der Waals surface area (Å²) in [5, 5.41) is 2.80. The number of carbonyl (C=O) groups is 1. The molecule has 0 saturated carbocycles. The molecule has 5 nitrogen and oxygen atoms in total. The maximum absolute atomic E-state index is 11.8. The SMILES string of the molecule is CCC(=O)Nc1cc2c(cc1Br)n(C)c(=O)n2C. The fourth-order valence-electron chi connectivity index (χ4n) is 1.85. The highest BCUT2D eigenvalue weighted by atomic mass is 79.9. The molecular formula is C12H14BrN3O2. The largest absolute Gasteiger partial charge is 0.328 e. The number of amides is 1. The molecule has 0 fully saturated rings. The number of nitrogens with one attached hydrogen (secondary N) is 1. The van der Waals surface area contributed by atoms with Gasteiger partial charge in [0, 0.05) is 25.0 Å². The number of aryl methyl sites for hydroxylation is 2. The number of carbonyl (C=O) groups excluding carboxylic acids is 1. The second-order valence-electron chi connectivity index (χ2n) is 4.12. The molecule has 0 unspecified atom stereocenters. The van der Waals surface area contributed by atoms with Crippen LogP contribution in [0.3, 0.4) is 0 Å². The van der Waals surface area contributed by atoms with E-state index in [0.29, 0.717) is 12.1 Å². The van der Waals surface area contributed by atoms with Crippen LogP contribution in [0.15, 0.2) is 21.4 Å². The minimum Gasteiger partial charge on any atom is -0.325 e. The molecule has 0 atom stereocenters. The summed E-state index contributed by atoms with van der Waals surface area (Å²) in [5.41, 5.74) is 2.20. The van der Waals surface area contributed by atoms with Crippen molar-refractivity contribution >= 4 is 38.6 Å². The normalized spacial score (nSPS) is 10.9. The lowest BCUT2D eigenvalue weighted by Crippen LogP contribution is -2.19. The molecule has 6 heteroatoms. The Kier molecular flexibility index (Phi) is 3.30. The predicted octanol–water partition coefficient (Wildman–Crippen LogP) is 1.99. The first kappa shape index (κ1) is 12.9. The zero-order chi connectivity index (χ0) is 13.4. The summed E-state index contributed by atoms with van der Waals surface area (Å²) in [6, 6.07) is 3.64. The Labute approximate surface area is 113 Å². The Morgan fingerprint density at radius 3 is 2.39 bits per heavy atom. The van der Waals surface area contributed by atoms with Crippen LogP contribution in [-0.2, 0) is 18.9 Å². The first-order valence-corrected chi connectivity index (χ1v) is 6.39. The average molecular weight is 312 g/mol. The van der Waals surface area contributed by atoms with Gasteiger partial charge in [-0.25, -0.2) is 4.79 Å². The Morgan fingerprint density at radius 1 is 1.28 bits per heavy atom. The van der Waals surface area contributed by atoms with Crippen LogP contribution >= 0.6 is 15.9 Å². The third kappa shape index (κ3) is 1.96. The van der Waals surface area contributed by atoms with Gasteiger partial charge in [0.05, 0.1) is 16.7 Å². The van der Waals surface area contributed by atoms with Crippen LogP contribution in [0.25, 0.3) is 11.0 Å². The quantitative estimate of drug-likeness (QED) is 0.922. The van der Waals surface area contributed by atoms with Crippen molar-refractivity contribution in [3.63, 3.8) is 0 Å². The van der Waals surface area contributed by atoms with Gasteiger partial charge in [0.2, 0.25) is 5.91 Å². The van der Waals surface area contributed by atoms with E-state index in [-0.39, 0.29) is 11.6 Å². The summed E-state index contributed by atoms with van der Waals surface area (Å²) in [4.78, 5) is 23.2. The molecule has 1 N–H and O–H groups in total. The number of imidazole rings is 1. The molecule has 96 valence electrons. The topological polar surface area (TPSA) is 56.0 Å². The van der Waals surface area contributed by atoms with E-state index in [1.165, 1.54) is 0 Å². The van der Waals surface area contributed by atoms with Crippen molar-refractivity contribution in [1.82, 2.24) is 9.13 Å². The van der Waals surface area contributed by atoms with Crippen molar-refractivity contribution in [3.05, 3.63) is 27.1 Å². The second-order valence-corrected chi connectivity index (χ2v) is 4.98. The van der Waals surface area contributed by atoms with Gasteiger partial charge in [0.1, 0.15) is 0 Å². The van der Waals surface area contributed by atoms with E-state index >= 15 is 0 Å². The second kappa shape index (κ2) is 4.61. The first-order chi connectivity index (χ1) is 8.45. The number of hydrogen-bond donors (Lipinski definition) is 1. The lowest BCUT2D eigenvalue weighted by Gasteiger charge is -2.07. The van der Waals surface area contributed by atoms with Gasteiger partial charge >= 0.3 is 5.69 Å². The Balaban J connectivity index is 2.65. The highest BCUT2D eigenvalue weighted by molar-refractivity contribution is 9.10. The van der Waals surface area contributed by atoms with Gasteiger partial charge in [-0.05, 0) is 28.1 Å². The van der Waals surface area contributed by atoms with Crippen LogP contribution in [0.5, 0.6) is 0 Å². The molecule has 2 aromatic rings. The maximum Gasteiger partial charge on any atom is 0.328 e. The number of rotatable bonds is 2. The highest BCUT2D eigenvalue weighted by Crippen LogP contribution is 2.27. The van der Waals surface area contributed by atoms with E-state index in [0.717, 1.165) is 15.5 Å². The van der Waals surface area contributed by atoms with Gasteiger partial charge in [0.25, 0.3) is 0 Å². The molecule has 0 saturated heterocycles. The molecule has 2 rings (SSSR count). The molecule has 0 radical (unpaired) electrons. The zero-order valence-corrected chi connectivity index (χ0v) is 12.0. The minimum atomic E-state index is -0.0872. The Hall–Kier alpha value is -1.56. The van der Waals surface area contributed by atoms with Gasteiger partial charge in [0.15, 0.2) is 0 Å². The van der Waals surface area contributed by atoms with E-state index in [1.807, 2.05) is 6.07 Å². The molecule has 1 heterocycles. The van der Waals surface area contributed by atoms with Gasteiger partial charge in [-0.2, -0.15) is 0 Å². The van der Waals surface area contributed by atoms with Crippen LogP contribution in [0.1, 0.15) is 13.3 Å². The molecule has 0 aliphatic rings.